The number of nitrogens with one attached hydrogen (secondary N) is 1. The summed E-state index contributed by atoms with van der Waals surface area (Å²) in [6, 6.07) is 7.28. The van der Waals surface area contributed by atoms with E-state index in [9.17, 15) is 9.59 Å². The van der Waals surface area contributed by atoms with Crippen LogP contribution in [0.15, 0.2) is 24.3 Å². The van der Waals surface area contributed by atoms with Gasteiger partial charge in [-0.15, -0.1) is 0 Å². The Morgan fingerprint density at radius 1 is 1.25 bits per heavy atom. The second-order valence-corrected chi connectivity index (χ2v) is 6.79. The molecule has 1 N–H and O–H groups in total. The maximum absolute atomic E-state index is 12.7. The highest BCUT2D eigenvalue weighted by atomic mass is 35.5. The Bertz CT molecular complexity index is 570. The number of benzene rings is 1. The minimum atomic E-state index is -0.450. The molecule has 0 saturated heterocycles. The molecule has 1 aromatic rings. The summed E-state index contributed by atoms with van der Waals surface area (Å²) in [5.41, 5.74) is 0.869. The molecular weight excluding hydrogens is 324 g/mol. The van der Waals surface area contributed by atoms with E-state index in [-0.39, 0.29) is 17.9 Å². The summed E-state index contributed by atoms with van der Waals surface area (Å²) < 4.78 is 0. The van der Waals surface area contributed by atoms with Gasteiger partial charge in [0.2, 0.25) is 11.8 Å². The van der Waals surface area contributed by atoms with E-state index in [0.29, 0.717) is 24.4 Å². The van der Waals surface area contributed by atoms with Gasteiger partial charge in [0, 0.05) is 24.0 Å². The van der Waals surface area contributed by atoms with Crippen LogP contribution in [0, 0.1) is 0 Å². The van der Waals surface area contributed by atoms with Gasteiger partial charge in [0.15, 0.2) is 0 Å². The van der Waals surface area contributed by atoms with Crippen molar-refractivity contribution in [2.45, 2.75) is 71.0 Å². The van der Waals surface area contributed by atoms with Gasteiger partial charge >= 0.3 is 0 Å². The lowest BCUT2D eigenvalue weighted by Gasteiger charge is -2.31. The van der Waals surface area contributed by atoms with E-state index in [1.807, 2.05) is 38.1 Å². The van der Waals surface area contributed by atoms with Crippen molar-refractivity contribution >= 4 is 23.4 Å². The molecule has 2 amide bonds. The third-order valence-electron chi connectivity index (χ3n) is 4.69. The first-order valence-corrected chi connectivity index (χ1v) is 9.27. The summed E-state index contributed by atoms with van der Waals surface area (Å²) in [7, 11) is 0. The first kappa shape index (κ1) is 18.8. The van der Waals surface area contributed by atoms with E-state index >= 15 is 0 Å². The summed E-state index contributed by atoms with van der Waals surface area (Å²) in [5.74, 6) is -0.0680. The number of rotatable bonds is 7. The molecule has 5 heteroatoms. The normalized spacial score (nSPS) is 16.0. The second kappa shape index (κ2) is 9.07. The highest BCUT2D eigenvalue weighted by Crippen LogP contribution is 2.21. The molecule has 1 aromatic carbocycles. The van der Waals surface area contributed by atoms with Gasteiger partial charge in [-0.1, -0.05) is 56.5 Å². The molecule has 1 aliphatic carbocycles. The van der Waals surface area contributed by atoms with Crippen LogP contribution in [0.25, 0.3) is 0 Å². The van der Waals surface area contributed by atoms with Crippen LogP contribution < -0.4 is 5.32 Å². The van der Waals surface area contributed by atoms with E-state index in [1.165, 1.54) is 12.8 Å². The third-order valence-corrected chi connectivity index (χ3v) is 5.06. The van der Waals surface area contributed by atoms with E-state index < -0.39 is 6.04 Å². The number of halogens is 1. The van der Waals surface area contributed by atoms with Crippen LogP contribution in [-0.2, 0) is 16.1 Å². The zero-order valence-corrected chi connectivity index (χ0v) is 15.3. The van der Waals surface area contributed by atoms with Gasteiger partial charge in [0.1, 0.15) is 6.04 Å². The summed E-state index contributed by atoms with van der Waals surface area (Å²) in [5, 5.41) is 3.75. The summed E-state index contributed by atoms with van der Waals surface area (Å²) in [6.45, 7) is 4.13. The summed E-state index contributed by atoms with van der Waals surface area (Å²) in [4.78, 5) is 26.9. The lowest BCUT2D eigenvalue weighted by Crippen LogP contribution is -2.50. The predicted octanol–water partition coefficient (Wildman–Crippen LogP) is 3.92. The maximum atomic E-state index is 12.7. The average molecular weight is 351 g/mol. The molecule has 1 fully saturated rings. The molecule has 0 aromatic heterocycles. The molecule has 0 bridgehead atoms. The smallest absolute Gasteiger partial charge is 0.243 e. The van der Waals surface area contributed by atoms with Crippen LogP contribution >= 0.6 is 11.6 Å². The maximum Gasteiger partial charge on any atom is 0.243 e. The Labute approximate surface area is 149 Å². The molecule has 0 radical (unpaired) electrons. The Balaban J connectivity index is 2.15. The molecule has 1 saturated carbocycles. The number of carbonyl (C=O) groups excluding carboxylic acids is 2. The molecule has 1 aliphatic rings. The molecule has 132 valence electrons. The molecule has 2 rings (SSSR count). The van der Waals surface area contributed by atoms with Crippen molar-refractivity contribution in [2.24, 2.45) is 0 Å². The van der Waals surface area contributed by atoms with E-state index in [2.05, 4.69) is 5.32 Å². The summed E-state index contributed by atoms with van der Waals surface area (Å²) in [6.07, 6.45) is 5.37. The number of nitrogens with zero attached hydrogens (tertiary/aromatic N) is 1. The van der Waals surface area contributed by atoms with E-state index in [0.717, 1.165) is 18.4 Å². The first-order chi connectivity index (χ1) is 11.6. The van der Waals surface area contributed by atoms with Crippen molar-refractivity contribution in [2.75, 3.05) is 0 Å². The fourth-order valence-electron chi connectivity index (χ4n) is 3.30. The van der Waals surface area contributed by atoms with Crippen molar-refractivity contribution < 1.29 is 9.59 Å². The molecule has 0 aliphatic heterocycles. The Kier molecular flexibility index (Phi) is 7.10. The number of hydrogen-bond acceptors (Lipinski definition) is 2. The van der Waals surface area contributed by atoms with Crippen molar-refractivity contribution in [1.82, 2.24) is 10.2 Å². The van der Waals surface area contributed by atoms with E-state index in [4.69, 9.17) is 11.6 Å². The fraction of sp³-hybridized carbons (Fsp3) is 0.579. The van der Waals surface area contributed by atoms with Crippen LogP contribution in [0.4, 0.5) is 0 Å². The monoisotopic (exact) mass is 350 g/mol. The van der Waals surface area contributed by atoms with Gasteiger partial charge in [-0.2, -0.15) is 0 Å². The van der Waals surface area contributed by atoms with Crippen molar-refractivity contribution in [3.63, 3.8) is 0 Å². The molecule has 0 heterocycles. The Morgan fingerprint density at radius 2 is 1.92 bits per heavy atom. The molecule has 0 spiro atoms. The van der Waals surface area contributed by atoms with Gasteiger partial charge < -0.3 is 10.2 Å². The van der Waals surface area contributed by atoms with Gasteiger partial charge in [-0.05, 0) is 30.9 Å². The first-order valence-electron chi connectivity index (χ1n) is 8.90. The lowest BCUT2D eigenvalue weighted by atomic mass is 10.1. The van der Waals surface area contributed by atoms with Gasteiger partial charge in [-0.25, -0.2) is 0 Å². The quantitative estimate of drug-likeness (QED) is 0.810. The van der Waals surface area contributed by atoms with Crippen molar-refractivity contribution in [3.8, 4) is 0 Å². The zero-order valence-electron chi connectivity index (χ0n) is 14.6. The molecule has 24 heavy (non-hydrogen) atoms. The van der Waals surface area contributed by atoms with Crippen molar-refractivity contribution in [1.29, 1.82) is 0 Å². The highest BCUT2D eigenvalue weighted by molar-refractivity contribution is 6.31. The number of carbonyl (C=O) groups is 2. The molecular formula is C19H27ClN2O2. The zero-order chi connectivity index (χ0) is 17.5. The molecule has 0 unspecified atom stereocenters. The Hall–Kier alpha value is -1.55. The Morgan fingerprint density at radius 3 is 2.50 bits per heavy atom. The molecule has 1 atom stereocenters. The van der Waals surface area contributed by atoms with Crippen LogP contribution in [0.3, 0.4) is 0 Å². The fourth-order valence-corrected chi connectivity index (χ4v) is 3.50. The molecule has 4 nitrogen and oxygen atoms in total. The third kappa shape index (κ3) is 4.73. The van der Waals surface area contributed by atoms with Crippen LogP contribution in [0.1, 0.15) is 57.9 Å². The van der Waals surface area contributed by atoms with Crippen LogP contribution in [0.5, 0.6) is 0 Å². The van der Waals surface area contributed by atoms with Crippen LogP contribution in [0.2, 0.25) is 5.02 Å². The number of hydrogen-bond donors (Lipinski definition) is 1. The minimum absolute atomic E-state index is 0.0247. The minimum Gasteiger partial charge on any atom is -0.352 e. The standard InChI is InChI=1S/C19H27ClN2O2/c1-3-17(19(24)21-15-10-6-7-11-15)22(18(23)4-2)13-14-9-5-8-12-16(14)20/h5,8-9,12,15,17H,3-4,6-7,10-11,13H2,1-2H3,(H,21,24)/t17-/m1/s1. The van der Waals surface area contributed by atoms with Gasteiger partial charge in [0.25, 0.3) is 0 Å². The SMILES string of the molecule is CCC(=O)N(Cc1ccccc1Cl)[C@H](CC)C(=O)NC1CCCC1. The highest BCUT2D eigenvalue weighted by Gasteiger charge is 2.30. The predicted molar refractivity (Wildman–Crippen MR) is 96.8 cm³/mol. The van der Waals surface area contributed by atoms with Crippen molar-refractivity contribution in [3.05, 3.63) is 34.9 Å². The van der Waals surface area contributed by atoms with E-state index in [1.54, 1.807) is 4.90 Å². The van der Waals surface area contributed by atoms with Crippen LogP contribution in [-0.4, -0.2) is 28.8 Å². The number of amides is 2. The van der Waals surface area contributed by atoms with Gasteiger partial charge in [0.05, 0.1) is 0 Å². The topological polar surface area (TPSA) is 49.4 Å². The van der Waals surface area contributed by atoms with Gasteiger partial charge in [-0.3, -0.25) is 9.59 Å². The lowest BCUT2D eigenvalue weighted by molar-refractivity contribution is -0.141. The summed E-state index contributed by atoms with van der Waals surface area (Å²) >= 11 is 6.24. The average Bonchev–Trinajstić information content (AvgIpc) is 3.08. The largest absolute Gasteiger partial charge is 0.352 e. The second-order valence-electron chi connectivity index (χ2n) is 6.38.